The first kappa shape index (κ1) is 12.9. The van der Waals surface area contributed by atoms with Crippen LogP contribution in [0.4, 0.5) is 0 Å². The fourth-order valence-electron chi connectivity index (χ4n) is 1.83. The quantitative estimate of drug-likeness (QED) is 0.777. The Morgan fingerprint density at radius 3 is 3.11 bits per heavy atom. The number of hydrogen-bond acceptors (Lipinski definition) is 5. The van der Waals surface area contributed by atoms with Crippen molar-refractivity contribution in [1.82, 2.24) is 20.8 Å². The first-order valence-electron chi connectivity index (χ1n) is 6.08. The topological polar surface area (TPSA) is 76.1 Å². The number of morpholine rings is 1. The number of rotatable bonds is 3. The molecule has 6 heteroatoms. The molecule has 1 aliphatic rings. The molecular formula is C12H18N4O2. The Morgan fingerprint density at radius 1 is 1.56 bits per heavy atom. The van der Waals surface area contributed by atoms with E-state index in [1.807, 2.05) is 6.92 Å². The molecule has 2 rings (SSSR count). The fraction of sp³-hybridized carbons (Fsp3) is 0.583. The van der Waals surface area contributed by atoms with Crippen molar-refractivity contribution in [1.29, 1.82) is 0 Å². The number of nitrogens with zero attached hydrogens (tertiary/aromatic N) is 2. The van der Waals surface area contributed by atoms with Gasteiger partial charge in [-0.1, -0.05) is 0 Å². The number of aryl methyl sites for hydroxylation is 2. The van der Waals surface area contributed by atoms with E-state index >= 15 is 0 Å². The summed E-state index contributed by atoms with van der Waals surface area (Å²) in [6, 6.07) is 1.75. The highest BCUT2D eigenvalue weighted by Crippen LogP contribution is 2.05. The Hall–Kier alpha value is -1.53. The van der Waals surface area contributed by atoms with Gasteiger partial charge in [-0.3, -0.25) is 4.79 Å². The first-order valence-corrected chi connectivity index (χ1v) is 6.08. The molecule has 0 spiro atoms. The first-order chi connectivity index (χ1) is 8.66. The second kappa shape index (κ2) is 5.88. The van der Waals surface area contributed by atoms with Crippen molar-refractivity contribution in [3.63, 3.8) is 0 Å². The van der Waals surface area contributed by atoms with Crippen molar-refractivity contribution >= 4 is 5.91 Å². The van der Waals surface area contributed by atoms with Crippen molar-refractivity contribution in [2.75, 3.05) is 26.2 Å². The van der Waals surface area contributed by atoms with E-state index in [9.17, 15) is 4.79 Å². The van der Waals surface area contributed by atoms with E-state index in [2.05, 4.69) is 20.8 Å². The lowest BCUT2D eigenvalue weighted by Gasteiger charge is -2.23. The molecule has 1 amide bonds. The summed E-state index contributed by atoms with van der Waals surface area (Å²) in [7, 11) is 0. The molecule has 0 saturated carbocycles. The van der Waals surface area contributed by atoms with Gasteiger partial charge in [0.15, 0.2) is 0 Å². The monoisotopic (exact) mass is 250 g/mol. The standard InChI is InChI=1S/C12H18N4O2/c1-8-5-11(9(2)16-15-8)12(17)14-7-10-6-13-3-4-18-10/h5,10,13H,3-4,6-7H2,1-2H3,(H,14,17). The fourth-order valence-corrected chi connectivity index (χ4v) is 1.83. The predicted octanol–water partition coefficient (Wildman–Crippen LogP) is -0.188. The minimum Gasteiger partial charge on any atom is -0.374 e. The maximum absolute atomic E-state index is 12.0. The third-order valence-electron chi connectivity index (χ3n) is 2.84. The van der Waals surface area contributed by atoms with Crippen LogP contribution in [0.15, 0.2) is 6.07 Å². The molecule has 1 saturated heterocycles. The van der Waals surface area contributed by atoms with Gasteiger partial charge in [-0.25, -0.2) is 0 Å². The molecule has 2 N–H and O–H groups in total. The van der Waals surface area contributed by atoms with Crippen molar-refractivity contribution in [3.05, 3.63) is 23.0 Å². The van der Waals surface area contributed by atoms with E-state index in [0.717, 1.165) is 18.8 Å². The Kier molecular flexibility index (Phi) is 4.22. The van der Waals surface area contributed by atoms with E-state index in [0.29, 0.717) is 24.4 Å². The van der Waals surface area contributed by atoms with Crippen LogP contribution in [0.1, 0.15) is 21.7 Å². The van der Waals surface area contributed by atoms with Gasteiger partial charge in [-0.05, 0) is 19.9 Å². The molecule has 0 aromatic carbocycles. The third kappa shape index (κ3) is 3.24. The molecule has 0 aliphatic carbocycles. The summed E-state index contributed by atoms with van der Waals surface area (Å²) >= 11 is 0. The van der Waals surface area contributed by atoms with Crippen LogP contribution in [0, 0.1) is 13.8 Å². The van der Waals surface area contributed by atoms with Gasteiger partial charge in [0.2, 0.25) is 0 Å². The van der Waals surface area contributed by atoms with E-state index in [-0.39, 0.29) is 12.0 Å². The van der Waals surface area contributed by atoms with Crippen molar-refractivity contribution in [3.8, 4) is 0 Å². The highest BCUT2D eigenvalue weighted by atomic mass is 16.5. The normalized spacial score (nSPS) is 19.6. The van der Waals surface area contributed by atoms with Crippen LogP contribution in [0.2, 0.25) is 0 Å². The third-order valence-corrected chi connectivity index (χ3v) is 2.84. The van der Waals surface area contributed by atoms with Gasteiger partial charge in [0, 0.05) is 19.6 Å². The molecule has 18 heavy (non-hydrogen) atoms. The van der Waals surface area contributed by atoms with E-state index < -0.39 is 0 Å². The van der Waals surface area contributed by atoms with E-state index in [4.69, 9.17) is 4.74 Å². The molecule has 1 aromatic heterocycles. The second-order valence-corrected chi connectivity index (χ2v) is 4.39. The number of hydrogen-bond donors (Lipinski definition) is 2. The Balaban J connectivity index is 1.92. The summed E-state index contributed by atoms with van der Waals surface area (Å²) in [5, 5.41) is 13.9. The van der Waals surface area contributed by atoms with Crippen LogP contribution in [-0.4, -0.2) is 48.4 Å². The molecule has 6 nitrogen and oxygen atoms in total. The molecule has 1 aliphatic heterocycles. The molecule has 98 valence electrons. The van der Waals surface area contributed by atoms with Crippen molar-refractivity contribution in [2.45, 2.75) is 20.0 Å². The van der Waals surface area contributed by atoms with E-state index in [1.165, 1.54) is 0 Å². The van der Waals surface area contributed by atoms with Gasteiger partial charge in [-0.15, -0.1) is 0 Å². The van der Waals surface area contributed by atoms with Crippen molar-refractivity contribution in [2.24, 2.45) is 0 Å². The lowest BCUT2D eigenvalue weighted by Crippen LogP contribution is -2.45. The smallest absolute Gasteiger partial charge is 0.253 e. The van der Waals surface area contributed by atoms with Crippen LogP contribution >= 0.6 is 0 Å². The van der Waals surface area contributed by atoms with Gasteiger partial charge in [-0.2, -0.15) is 10.2 Å². The highest BCUT2D eigenvalue weighted by molar-refractivity contribution is 5.95. The number of carbonyl (C=O) groups excluding carboxylic acids is 1. The zero-order valence-corrected chi connectivity index (χ0v) is 10.7. The van der Waals surface area contributed by atoms with Crippen LogP contribution < -0.4 is 10.6 Å². The summed E-state index contributed by atoms with van der Waals surface area (Å²) in [6.07, 6.45) is 0.0406. The number of amides is 1. The molecule has 1 unspecified atom stereocenters. The summed E-state index contributed by atoms with van der Waals surface area (Å²) in [6.45, 7) is 6.43. The maximum atomic E-state index is 12.0. The minimum absolute atomic E-state index is 0.0406. The SMILES string of the molecule is Cc1cc(C(=O)NCC2CNCCO2)c(C)nn1. The van der Waals surface area contributed by atoms with E-state index in [1.54, 1.807) is 13.0 Å². The number of nitrogens with one attached hydrogen (secondary N) is 2. The van der Waals surface area contributed by atoms with Gasteiger partial charge in [0.25, 0.3) is 5.91 Å². The highest BCUT2D eigenvalue weighted by Gasteiger charge is 2.16. The average Bonchev–Trinajstić information content (AvgIpc) is 2.40. The van der Waals surface area contributed by atoms with Gasteiger partial charge >= 0.3 is 0 Å². The van der Waals surface area contributed by atoms with Crippen LogP contribution in [-0.2, 0) is 4.74 Å². The van der Waals surface area contributed by atoms with Gasteiger partial charge in [0.1, 0.15) is 0 Å². The van der Waals surface area contributed by atoms with Gasteiger partial charge < -0.3 is 15.4 Å². The summed E-state index contributed by atoms with van der Waals surface area (Å²) in [4.78, 5) is 12.0. The summed E-state index contributed by atoms with van der Waals surface area (Å²) < 4.78 is 5.51. The maximum Gasteiger partial charge on any atom is 0.253 e. The number of aromatic nitrogens is 2. The predicted molar refractivity (Wildman–Crippen MR) is 66.4 cm³/mol. The van der Waals surface area contributed by atoms with Crippen LogP contribution in [0.25, 0.3) is 0 Å². The lowest BCUT2D eigenvalue weighted by atomic mass is 10.2. The second-order valence-electron chi connectivity index (χ2n) is 4.39. The molecule has 0 radical (unpaired) electrons. The largest absolute Gasteiger partial charge is 0.374 e. The molecule has 1 fully saturated rings. The lowest BCUT2D eigenvalue weighted by molar-refractivity contribution is 0.0287. The Morgan fingerprint density at radius 2 is 2.39 bits per heavy atom. The van der Waals surface area contributed by atoms with Crippen LogP contribution in [0.3, 0.4) is 0 Å². The summed E-state index contributed by atoms with van der Waals surface area (Å²) in [5.74, 6) is -0.125. The van der Waals surface area contributed by atoms with Crippen molar-refractivity contribution < 1.29 is 9.53 Å². The zero-order valence-electron chi connectivity index (χ0n) is 10.7. The minimum atomic E-state index is -0.125. The number of carbonyl (C=O) groups is 1. The summed E-state index contributed by atoms with van der Waals surface area (Å²) in [5.41, 5.74) is 1.95. The molecule has 1 atom stereocenters. The van der Waals surface area contributed by atoms with Gasteiger partial charge in [0.05, 0.1) is 29.7 Å². The number of ether oxygens (including phenoxy) is 1. The average molecular weight is 250 g/mol. The molecule has 1 aromatic rings. The zero-order chi connectivity index (χ0) is 13.0. The molecule has 2 heterocycles. The Bertz CT molecular complexity index is 430. The van der Waals surface area contributed by atoms with Crippen LogP contribution in [0.5, 0.6) is 0 Å². The molecule has 0 bridgehead atoms. The molecular weight excluding hydrogens is 232 g/mol. The Labute approximate surface area is 106 Å².